The van der Waals surface area contributed by atoms with E-state index in [0.29, 0.717) is 6.17 Å². The number of hydrogen-bond acceptors (Lipinski definition) is 2. The van der Waals surface area contributed by atoms with E-state index in [9.17, 15) is 0 Å². The van der Waals surface area contributed by atoms with Gasteiger partial charge in [-0.15, -0.1) is 0 Å². The summed E-state index contributed by atoms with van der Waals surface area (Å²) in [5.74, 6) is 0. The molecule has 0 aliphatic rings. The standard InChI is InChI=1S/C20H42.C11H26N2/c1-3-5-7-9-11-13-15-17-19-20-18-16-14-12-10-8-6-4-2;1-5-7-8-10-12-11(9-6-2)13(3)4/h3-20H2,1-2H3;11-12H,5-10H2,1-4H3. The summed E-state index contributed by atoms with van der Waals surface area (Å²) >= 11 is 0. The van der Waals surface area contributed by atoms with Gasteiger partial charge in [0.2, 0.25) is 0 Å². The molecule has 0 heterocycles. The lowest BCUT2D eigenvalue weighted by Gasteiger charge is -2.25. The first-order valence-corrected chi connectivity index (χ1v) is 15.5. The van der Waals surface area contributed by atoms with Crippen molar-refractivity contribution in [1.82, 2.24) is 10.2 Å². The summed E-state index contributed by atoms with van der Waals surface area (Å²) in [5, 5.41) is 3.58. The van der Waals surface area contributed by atoms with E-state index in [0.717, 1.165) is 6.54 Å². The fourth-order valence-corrected chi connectivity index (χ4v) is 4.43. The summed E-state index contributed by atoms with van der Waals surface area (Å²) in [4.78, 5) is 2.27. The Labute approximate surface area is 212 Å². The second kappa shape index (κ2) is 31.9. The van der Waals surface area contributed by atoms with Gasteiger partial charge in [0, 0.05) is 0 Å². The zero-order chi connectivity index (χ0) is 24.8. The first kappa shape index (κ1) is 35.1. The summed E-state index contributed by atoms with van der Waals surface area (Å²) in [7, 11) is 4.29. The van der Waals surface area contributed by atoms with Gasteiger partial charge >= 0.3 is 0 Å². The molecule has 0 bridgehead atoms. The van der Waals surface area contributed by atoms with Gasteiger partial charge in [0.1, 0.15) is 0 Å². The van der Waals surface area contributed by atoms with Gasteiger partial charge < -0.3 is 5.32 Å². The summed E-state index contributed by atoms with van der Waals surface area (Å²) in [6.45, 7) is 10.2. The predicted molar refractivity (Wildman–Crippen MR) is 154 cm³/mol. The molecule has 0 aliphatic carbocycles. The Bertz CT molecular complexity index is 298. The molecule has 2 nitrogen and oxygen atoms in total. The average molecular weight is 469 g/mol. The fraction of sp³-hybridized carbons (Fsp3) is 1.00. The highest BCUT2D eigenvalue weighted by Crippen LogP contribution is 2.14. The van der Waals surface area contributed by atoms with Crippen molar-refractivity contribution in [3.05, 3.63) is 0 Å². The highest BCUT2D eigenvalue weighted by Gasteiger charge is 2.07. The second-order valence-corrected chi connectivity index (χ2v) is 10.6. The van der Waals surface area contributed by atoms with E-state index < -0.39 is 0 Å². The van der Waals surface area contributed by atoms with Gasteiger partial charge in [-0.2, -0.15) is 0 Å². The van der Waals surface area contributed by atoms with Crippen molar-refractivity contribution in [2.45, 2.75) is 182 Å². The third-order valence-electron chi connectivity index (χ3n) is 6.80. The monoisotopic (exact) mass is 469 g/mol. The molecule has 0 aromatic carbocycles. The van der Waals surface area contributed by atoms with Crippen LogP contribution in [0.2, 0.25) is 0 Å². The van der Waals surface area contributed by atoms with E-state index in [1.54, 1.807) is 0 Å². The maximum Gasteiger partial charge on any atom is 0.0591 e. The van der Waals surface area contributed by atoms with Crippen LogP contribution in [0.25, 0.3) is 0 Å². The maximum atomic E-state index is 3.58. The van der Waals surface area contributed by atoms with Crippen LogP contribution in [-0.2, 0) is 0 Å². The fourth-order valence-electron chi connectivity index (χ4n) is 4.43. The molecule has 202 valence electrons. The van der Waals surface area contributed by atoms with E-state index in [2.05, 4.69) is 52.0 Å². The van der Waals surface area contributed by atoms with E-state index in [1.807, 2.05) is 0 Å². The molecule has 0 aromatic heterocycles. The van der Waals surface area contributed by atoms with Crippen LogP contribution in [0.4, 0.5) is 0 Å². The number of nitrogens with zero attached hydrogens (tertiary/aromatic N) is 1. The Hall–Kier alpha value is -0.0800. The summed E-state index contributed by atoms with van der Waals surface area (Å²) in [6, 6.07) is 0. The van der Waals surface area contributed by atoms with Crippen molar-refractivity contribution < 1.29 is 0 Å². The topological polar surface area (TPSA) is 15.3 Å². The third kappa shape index (κ3) is 31.9. The van der Waals surface area contributed by atoms with Crippen LogP contribution < -0.4 is 5.32 Å². The minimum absolute atomic E-state index is 0.571. The molecule has 33 heavy (non-hydrogen) atoms. The van der Waals surface area contributed by atoms with E-state index in [4.69, 9.17) is 0 Å². The van der Waals surface area contributed by atoms with Crippen LogP contribution in [0.3, 0.4) is 0 Å². The Kier molecular flexibility index (Phi) is 33.9. The van der Waals surface area contributed by atoms with Crippen molar-refractivity contribution in [2.75, 3.05) is 20.6 Å². The quantitative estimate of drug-likeness (QED) is 0.106. The van der Waals surface area contributed by atoms with Gasteiger partial charge in [0.25, 0.3) is 0 Å². The molecule has 0 saturated carbocycles. The molecule has 1 unspecified atom stereocenters. The van der Waals surface area contributed by atoms with Crippen LogP contribution >= 0.6 is 0 Å². The number of rotatable bonds is 25. The number of nitrogens with one attached hydrogen (secondary N) is 1. The molecule has 0 fully saturated rings. The third-order valence-corrected chi connectivity index (χ3v) is 6.80. The molecule has 2 heteroatoms. The molecule has 0 saturated heterocycles. The Morgan fingerprint density at radius 3 is 1.00 bits per heavy atom. The van der Waals surface area contributed by atoms with Crippen molar-refractivity contribution in [3.8, 4) is 0 Å². The van der Waals surface area contributed by atoms with Crippen LogP contribution in [0.1, 0.15) is 175 Å². The SMILES string of the molecule is CCCCCCCCCCCCCCCCCCCC.CCCCCNC(CCC)N(C)C. The normalized spacial score (nSPS) is 12.1. The summed E-state index contributed by atoms with van der Waals surface area (Å²) in [5.41, 5.74) is 0. The van der Waals surface area contributed by atoms with Gasteiger partial charge in [-0.1, -0.05) is 163 Å². The number of hydrogen-bond donors (Lipinski definition) is 1. The second-order valence-electron chi connectivity index (χ2n) is 10.6. The largest absolute Gasteiger partial charge is 0.302 e. The predicted octanol–water partition coefficient (Wildman–Crippen LogP) is 10.5. The minimum atomic E-state index is 0.571. The van der Waals surface area contributed by atoms with E-state index >= 15 is 0 Å². The molecule has 1 atom stereocenters. The van der Waals surface area contributed by atoms with E-state index in [1.165, 1.54) is 148 Å². The minimum Gasteiger partial charge on any atom is -0.302 e. The van der Waals surface area contributed by atoms with Crippen LogP contribution in [-0.4, -0.2) is 31.7 Å². The first-order valence-electron chi connectivity index (χ1n) is 15.5. The molecule has 0 radical (unpaired) electrons. The van der Waals surface area contributed by atoms with Crippen molar-refractivity contribution >= 4 is 0 Å². The first-order chi connectivity index (χ1) is 16.1. The lowest BCUT2D eigenvalue weighted by molar-refractivity contribution is 0.230. The molecule has 0 rings (SSSR count). The summed E-state index contributed by atoms with van der Waals surface area (Å²) < 4.78 is 0. The molecule has 0 spiro atoms. The average Bonchev–Trinajstić information content (AvgIpc) is 2.81. The van der Waals surface area contributed by atoms with Gasteiger partial charge in [0.05, 0.1) is 6.17 Å². The molecule has 0 aliphatic heterocycles. The van der Waals surface area contributed by atoms with Crippen molar-refractivity contribution in [3.63, 3.8) is 0 Å². The molecule has 0 aromatic rings. The highest BCUT2D eigenvalue weighted by atomic mass is 15.2. The zero-order valence-corrected chi connectivity index (χ0v) is 24.5. The molecular formula is C31H68N2. The zero-order valence-electron chi connectivity index (χ0n) is 24.5. The number of unbranched alkanes of at least 4 members (excludes halogenated alkanes) is 19. The van der Waals surface area contributed by atoms with Crippen molar-refractivity contribution in [1.29, 1.82) is 0 Å². The van der Waals surface area contributed by atoms with Gasteiger partial charge in [-0.25, -0.2) is 0 Å². The molecular weight excluding hydrogens is 400 g/mol. The Morgan fingerprint density at radius 2 is 0.727 bits per heavy atom. The van der Waals surface area contributed by atoms with Crippen LogP contribution in [0, 0.1) is 0 Å². The lowest BCUT2D eigenvalue weighted by Crippen LogP contribution is -2.41. The highest BCUT2D eigenvalue weighted by molar-refractivity contribution is 4.62. The molecule has 1 N–H and O–H groups in total. The van der Waals surface area contributed by atoms with Gasteiger partial charge in [-0.05, 0) is 33.5 Å². The van der Waals surface area contributed by atoms with Crippen molar-refractivity contribution in [2.24, 2.45) is 0 Å². The van der Waals surface area contributed by atoms with Crippen LogP contribution in [0.5, 0.6) is 0 Å². The molecule has 0 amide bonds. The maximum absolute atomic E-state index is 3.58. The Morgan fingerprint density at radius 1 is 0.424 bits per heavy atom. The van der Waals surface area contributed by atoms with Crippen LogP contribution in [0.15, 0.2) is 0 Å². The lowest BCUT2D eigenvalue weighted by atomic mass is 10.0. The summed E-state index contributed by atoms with van der Waals surface area (Å²) in [6.07, 6.45) is 33.4. The van der Waals surface area contributed by atoms with E-state index in [-0.39, 0.29) is 0 Å². The van der Waals surface area contributed by atoms with Gasteiger partial charge in [-0.3, -0.25) is 4.90 Å². The Balaban J connectivity index is 0. The smallest absolute Gasteiger partial charge is 0.0591 e. The van der Waals surface area contributed by atoms with Gasteiger partial charge in [0.15, 0.2) is 0 Å².